The number of anilines is 1. The number of likely N-dealkylation sites (tertiary alicyclic amines) is 1. The number of benzene rings is 1. The van der Waals surface area contributed by atoms with Crippen LogP contribution < -0.4 is 5.73 Å². The Balaban J connectivity index is 2.03. The number of hydrogen-bond donors (Lipinski definition) is 1. The summed E-state index contributed by atoms with van der Waals surface area (Å²) in [6.45, 7) is 5.56. The first-order chi connectivity index (χ1) is 8.47. The zero-order chi connectivity index (χ0) is 13.3. The third-order valence-electron chi connectivity index (χ3n) is 3.81. The zero-order valence-corrected chi connectivity index (χ0v) is 12.9. The summed E-state index contributed by atoms with van der Waals surface area (Å²) >= 11 is 3.45. The first-order valence-corrected chi connectivity index (χ1v) is 7.19. The van der Waals surface area contributed by atoms with Crippen molar-refractivity contribution in [1.82, 2.24) is 9.80 Å². The first-order valence-electron chi connectivity index (χ1n) is 6.40. The average molecular weight is 312 g/mol. The van der Waals surface area contributed by atoms with Crippen LogP contribution in [0.25, 0.3) is 0 Å². The fourth-order valence-electron chi connectivity index (χ4n) is 2.80. The predicted molar refractivity (Wildman–Crippen MR) is 80.5 cm³/mol. The molecule has 0 bridgehead atoms. The molecule has 4 heteroatoms. The van der Waals surface area contributed by atoms with E-state index in [1.54, 1.807) is 0 Å². The minimum Gasteiger partial charge on any atom is -0.398 e. The summed E-state index contributed by atoms with van der Waals surface area (Å²) in [4.78, 5) is 4.82. The van der Waals surface area contributed by atoms with Crippen molar-refractivity contribution >= 4 is 21.6 Å². The van der Waals surface area contributed by atoms with Crippen LogP contribution in [-0.4, -0.2) is 43.0 Å². The van der Waals surface area contributed by atoms with Crippen molar-refractivity contribution in [2.45, 2.75) is 19.5 Å². The van der Waals surface area contributed by atoms with Gasteiger partial charge in [-0.05, 0) is 37.7 Å². The topological polar surface area (TPSA) is 32.5 Å². The number of hydrogen-bond acceptors (Lipinski definition) is 3. The molecule has 0 amide bonds. The van der Waals surface area contributed by atoms with Crippen LogP contribution in [0, 0.1) is 5.92 Å². The smallest absolute Gasteiger partial charge is 0.0371 e. The van der Waals surface area contributed by atoms with Crippen LogP contribution in [0.4, 0.5) is 5.69 Å². The van der Waals surface area contributed by atoms with Gasteiger partial charge in [0.1, 0.15) is 0 Å². The second kappa shape index (κ2) is 5.59. The standard InChI is InChI=1S/C14H22BrN3/c1-10-7-18(9-14(10)17(2)3)8-11-4-5-12(15)6-13(11)16/h4-6,10,14H,7-9,16H2,1-3H3. The van der Waals surface area contributed by atoms with Gasteiger partial charge in [-0.25, -0.2) is 0 Å². The Morgan fingerprint density at radius 2 is 2.11 bits per heavy atom. The number of halogens is 1. The highest BCUT2D eigenvalue weighted by atomic mass is 79.9. The molecular weight excluding hydrogens is 290 g/mol. The number of nitrogens with zero attached hydrogens (tertiary/aromatic N) is 2. The molecule has 0 radical (unpaired) electrons. The van der Waals surface area contributed by atoms with Gasteiger partial charge in [0.15, 0.2) is 0 Å². The molecule has 0 aliphatic carbocycles. The molecule has 1 aliphatic rings. The number of nitrogen functional groups attached to an aromatic ring is 1. The Morgan fingerprint density at radius 1 is 1.39 bits per heavy atom. The van der Waals surface area contributed by atoms with Crippen LogP contribution in [0.3, 0.4) is 0 Å². The molecule has 18 heavy (non-hydrogen) atoms. The SMILES string of the molecule is CC1CN(Cc2ccc(Br)cc2N)CC1N(C)C. The summed E-state index contributed by atoms with van der Waals surface area (Å²) in [7, 11) is 4.33. The second-order valence-electron chi connectivity index (χ2n) is 5.55. The minimum absolute atomic E-state index is 0.654. The largest absolute Gasteiger partial charge is 0.398 e. The summed E-state index contributed by atoms with van der Waals surface area (Å²) in [5.41, 5.74) is 8.17. The predicted octanol–water partition coefficient (Wildman–Crippen LogP) is 2.41. The van der Waals surface area contributed by atoms with E-state index in [0.717, 1.165) is 35.7 Å². The van der Waals surface area contributed by atoms with Gasteiger partial charge < -0.3 is 10.6 Å². The summed E-state index contributed by atoms with van der Waals surface area (Å²) in [5.74, 6) is 0.719. The summed E-state index contributed by atoms with van der Waals surface area (Å²) < 4.78 is 1.05. The van der Waals surface area contributed by atoms with Gasteiger partial charge in [0.05, 0.1) is 0 Å². The Bertz CT molecular complexity index is 420. The molecule has 1 fully saturated rings. The van der Waals surface area contributed by atoms with Crippen molar-refractivity contribution in [3.63, 3.8) is 0 Å². The van der Waals surface area contributed by atoms with Crippen molar-refractivity contribution in [3.05, 3.63) is 28.2 Å². The van der Waals surface area contributed by atoms with Gasteiger partial charge in [0.2, 0.25) is 0 Å². The Kier molecular flexibility index (Phi) is 4.30. The molecule has 0 aromatic heterocycles. The molecular formula is C14H22BrN3. The Hall–Kier alpha value is -0.580. The van der Waals surface area contributed by atoms with Crippen LogP contribution in [0.5, 0.6) is 0 Å². The van der Waals surface area contributed by atoms with E-state index in [1.165, 1.54) is 5.56 Å². The molecule has 3 nitrogen and oxygen atoms in total. The van der Waals surface area contributed by atoms with Crippen LogP contribution in [0.1, 0.15) is 12.5 Å². The molecule has 1 heterocycles. The second-order valence-corrected chi connectivity index (χ2v) is 6.46. The highest BCUT2D eigenvalue weighted by Gasteiger charge is 2.30. The van der Waals surface area contributed by atoms with Gasteiger partial charge in [0.25, 0.3) is 0 Å². The lowest BCUT2D eigenvalue weighted by molar-refractivity contribution is 0.250. The van der Waals surface area contributed by atoms with Crippen LogP contribution in [-0.2, 0) is 6.54 Å². The van der Waals surface area contributed by atoms with Crippen molar-refractivity contribution in [2.24, 2.45) is 5.92 Å². The average Bonchev–Trinajstić information content (AvgIpc) is 2.64. The lowest BCUT2D eigenvalue weighted by Crippen LogP contribution is -2.34. The summed E-state index contributed by atoms with van der Waals surface area (Å²) in [5, 5.41) is 0. The van der Waals surface area contributed by atoms with Gasteiger partial charge >= 0.3 is 0 Å². The van der Waals surface area contributed by atoms with E-state index in [1.807, 2.05) is 6.07 Å². The molecule has 1 aliphatic heterocycles. The van der Waals surface area contributed by atoms with Gasteiger partial charge in [0, 0.05) is 35.8 Å². The fraction of sp³-hybridized carbons (Fsp3) is 0.571. The van der Waals surface area contributed by atoms with E-state index in [4.69, 9.17) is 5.73 Å². The summed E-state index contributed by atoms with van der Waals surface area (Å²) in [6, 6.07) is 6.82. The molecule has 0 saturated carbocycles. The monoisotopic (exact) mass is 311 g/mol. The van der Waals surface area contributed by atoms with E-state index >= 15 is 0 Å². The molecule has 100 valence electrons. The van der Waals surface area contributed by atoms with E-state index < -0.39 is 0 Å². The number of rotatable bonds is 3. The Morgan fingerprint density at radius 3 is 2.67 bits per heavy atom. The first kappa shape index (κ1) is 13.8. The van der Waals surface area contributed by atoms with Gasteiger partial charge in [-0.1, -0.05) is 28.9 Å². The van der Waals surface area contributed by atoms with E-state index in [9.17, 15) is 0 Å². The molecule has 1 aromatic rings. The number of nitrogens with two attached hydrogens (primary N) is 1. The van der Waals surface area contributed by atoms with Gasteiger partial charge in [-0.2, -0.15) is 0 Å². The van der Waals surface area contributed by atoms with Crippen molar-refractivity contribution < 1.29 is 0 Å². The summed E-state index contributed by atoms with van der Waals surface area (Å²) in [6.07, 6.45) is 0. The van der Waals surface area contributed by atoms with E-state index in [-0.39, 0.29) is 0 Å². The minimum atomic E-state index is 0.654. The third kappa shape index (κ3) is 3.05. The molecule has 2 rings (SSSR count). The highest BCUT2D eigenvalue weighted by molar-refractivity contribution is 9.10. The van der Waals surface area contributed by atoms with Crippen molar-refractivity contribution in [1.29, 1.82) is 0 Å². The lowest BCUT2D eigenvalue weighted by atomic mass is 10.1. The van der Waals surface area contributed by atoms with Crippen LogP contribution in [0.2, 0.25) is 0 Å². The molecule has 2 N–H and O–H groups in total. The fourth-order valence-corrected chi connectivity index (χ4v) is 3.18. The van der Waals surface area contributed by atoms with Crippen molar-refractivity contribution in [2.75, 3.05) is 32.9 Å². The van der Waals surface area contributed by atoms with Crippen LogP contribution >= 0.6 is 15.9 Å². The van der Waals surface area contributed by atoms with Gasteiger partial charge in [-0.15, -0.1) is 0 Å². The maximum Gasteiger partial charge on any atom is 0.0371 e. The highest BCUT2D eigenvalue weighted by Crippen LogP contribution is 2.25. The lowest BCUT2D eigenvalue weighted by Gasteiger charge is -2.22. The number of likely N-dealkylation sites (N-methyl/N-ethyl adjacent to an activating group) is 1. The molecule has 2 unspecified atom stereocenters. The molecule has 1 aromatic carbocycles. The zero-order valence-electron chi connectivity index (χ0n) is 11.4. The van der Waals surface area contributed by atoms with E-state index in [2.05, 4.69) is 58.9 Å². The Labute approximate surface area is 118 Å². The molecule has 1 saturated heterocycles. The van der Waals surface area contributed by atoms with E-state index in [0.29, 0.717) is 6.04 Å². The van der Waals surface area contributed by atoms with Crippen molar-refractivity contribution in [3.8, 4) is 0 Å². The molecule has 0 spiro atoms. The third-order valence-corrected chi connectivity index (χ3v) is 4.31. The quantitative estimate of drug-likeness (QED) is 0.870. The maximum atomic E-state index is 6.06. The van der Waals surface area contributed by atoms with Gasteiger partial charge in [-0.3, -0.25) is 4.90 Å². The molecule has 2 atom stereocenters. The normalized spacial score (nSPS) is 24.9. The van der Waals surface area contributed by atoms with Crippen LogP contribution in [0.15, 0.2) is 22.7 Å². The maximum absolute atomic E-state index is 6.06.